The third-order valence-electron chi connectivity index (χ3n) is 3.16. The van der Waals surface area contributed by atoms with Crippen molar-refractivity contribution in [1.82, 2.24) is 0 Å². The van der Waals surface area contributed by atoms with Gasteiger partial charge in [0, 0.05) is 11.6 Å². The summed E-state index contributed by atoms with van der Waals surface area (Å²) in [6.07, 6.45) is 0. The van der Waals surface area contributed by atoms with Gasteiger partial charge in [0.25, 0.3) is 0 Å². The summed E-state index contributed by atoms with van der Waals surface area (Å²) in [5.41, 5.74) is 0.0363. The molecule has 2 rings (SSSR count). The number of ketones is 1. The van der Waals surface area contributed by atoms with Gasteiger partial charge >= 0.3 is 5.97 Å². The number of hydrogen-bond acceptors (Lipinski definition) is 5. The Hall–Kier alpha value is -2.96. The molecule has 0 radical (unpaired) electrons. The highest BCUT2D eigenvalue weighted by molar-refractivity contribution is 5.99. The molecule has 0 aliphatic carbocycles. The van der Waals surface area contributed by atoms with Crippen LogP contribution in [0.2, 0.25) is 0 Å². The molecule has 5 nitrogen and oxygen atoms in total. The van der Waals surface area contributed by atoms with E-state index in [9.17, 15) is 18.4 Å². The molecule has 2 aromatic rings. The molecule has 0 bridgehead atoms. The number of ether oxygens (including phenoxy) is 3. The summed E-state index contributed by atoms with van der Waals surface area (Å²) in [6, 6.07) is 7.11. The molecule has 2 aromatic carbocycles. The van der Waals surface area contributed by atoms with Crippen LogP contribution in [0.4, 0.5) is 8.78 Å². The van der Waals surface area contributed by atoms with Gasteiger partial charge in [-0.25, -0.2) is 13.6 Å². The van der Waals surface area contributed by atoms with Crippen molar-refractivity contribution in [2.45, 2.75) is 0 Å². The van der Waals surface area contributed by atoms with Crippen LogP contribution in [-0.4, -0.2) is 32.6 Å². The Balaban J connectivity index is 2.07. The Labute approximate surface area is 136 Å². The molecule has 0 heterocycles. The molecule has 126 valence electrons. The van der Waals surface area contributed by atoms with Gasteiger partial charge in [-0.1, -0.05) is 0 Å². The van der Waals surface area contributed by atoms with E-state index in [1.165, 1.54) is 26.4 Å². The number of esters is 1. The Morgan fingerprint density at radius 1 is 0.875 bits per heavy atom. The van der Waals surface area contributed by atoms with Gasteiger partial charge in [0.1, 0.15) is 11.5 Å². The molecule has 0 unspecified atom stereocenters. The van der Waals surface area contributed by atoms with Crippen LogP contribution in [0.5, 0.6) is 11.5 Å². The standard InChI is InChI=1S/C17H14F2O5/c1-22-12-5-11(6-13(8-12)23-2)17(21)24-9-16(20)10-3-4-14(18)15(19)7-10/h3-8H,9H2,1-2H3. The van der Waals surface area contributed by atoms with E-state index in [4.69, 9.17) is 14.2 Å². The van der Waals surface area contributed by atoms with Crippen molar-refractivity contribution in [3.05, 3.63) is 59.2 Å². The lowest BCUT2D eigenvalue weighted by molar-refractivity contribution is 0.0474. The molecular formula is C17H14F2O5. The van der Waals surface area contributed by atoms with Crippen molar-refractivity contribution in [2.24, 2.45) is 0 Å². The van der Waals surface area contributed by atoms with Crippen molar-refractivity contribution < 1.29 is 32.6 Å². The predicted octanol–water partition coefficient (Wildman–Crippen LogP) is 3.02. The first-order chi connectivity index (χ1) is 11.4. The first-order valence-electron chi connectivity index (χ1n) is 6.83. The summed E-state index contributed by atoms with van der Waals surface area (Å²) in [4.78, 5) is 23.9. The normalized spacial score (nSPS) is 10.2. The molecule has 7 heteroatoms. The van der Waals surface area contributed by atoms with Gasteiger partial charge in [-0.15, -0.1) is 0 Å². The second-order valence-electron chi connectivity index (χ2n) is 4.73. The van der Waals surface area contributed by atoms with Crippen molar-refractivity contribution in [3.8, 4) is 11.5 Å². The van der Waals surface area contributed by atoms with Crippen LogP contribution in [0.15, 0.2) is 36.4 Å². The van der Waals surface area contributed by atoms with Crippen LogP contribution < -0.4 is 9.47 Å². The molecule has 0 aromatic heterocycles. The minimum Gasteiger partial charge on any atom is -0.497 e. The topological polar surface area (TPSA) is 61.8 Å². The van der Waals surface area contributed by atoms with E-state index in [2.05, 4.69) is 0 Å². The number of Topliss-reactive ketones (excluding diaryl/α,β-unsaturated/α-hetero) is 1. The van der Waals surface area contributed by atoms with Crippen LogP contribution in [-0.2, 0) is 4.74 Å². The number of methoxy groups -OCH3 is 2. The Bertz CT molecular complexity index is 751. The highest BCUT2D eigenvalue weighted by Gasteiger charge is 2.15. The Morgan fingerprint density at radius 2 is 1.50 bits per heavy atom. The average molecular weight is 336 g/mol. The number of rotatable bonds is 6. The number of carbonyl (C=O) groups excluding carboxylic acids is 2. The summed E-state index contributed by atoms with van der Waals surface area (Å²) in [5.74, 6) is -2.88. The molecule has 0 aliphatic rings. The smallest absolute Gasteiger partial charge is 0.338 e. The summed E-state index contributed by atoms with van der Waals surface area (Å²) in [7, 11) is 2.85. The first kappa shape index (κ1) is 17.4. The number of carbonyl (C=O) groups is 2. The molecule has 0 saturated carbocycles. The first-order valence-corrected chi connectivity index (χ1v) is 6.83. The van der Waals surface area contributed by atoms with Gasteiger partial charge in [0.2, 0.25) is 0 Å². The molecule has 0 spiro atoms. The highest BCUT2D eigenvalue weighted by atomic mass is 19.2. The molecule has 0 fully saturated rings. The molecule has 0 atom stereocenters. The fourth-order valence-electron chi connectivity index (χ4n) is 1.89. The Kier molecular flexibility index (Phi) is 5.47. The molecular weight excluding hydrogens is 322 g/mol. The molecule has 0 N–H and O–H groups in total. The zero-order valence-electron chi connectivity index (χ0n) is 13.0. The summed E-state index contributed by atoms with van der Waals surface area (Å²) in [6.45, 7) is -0.608. The second kappa shape index (κ2) is 7.54. The second-order valence-corrected chi connectivity index (χ2v) is 4.73. The zero-order valence-corrected chi connectivity index (χ0v) is 13.0. The van der Waals surface area contributed by atoms with Crippen molar-refractivity contribution in [3.63, 3.8) is 0 Å². The van der Waals surface area contributed by atoms with Crippen LogP contribution in [0.25, 0.3) is 0 Å². The molecule has 0 aliphatic heterocycles. The van der Waals surface area contributed by atoms with Gasteiger partial charge in [-0.2, -0.15) is 0 Å². The fraction of sp³-hybridized carbons (Fsp3) is 0.176. The van der Waals surface area contributed by atoms with E-state index in [1.807, 2.05) is 0 Å². The van der Waals surface area contributed by atoms with E-state index in [0.717, 1.165) is 18.2 Å². The third-order valence-corrected chi connectivity index (χ3v) is 3.16. The lowest BCUT2D eigenvalue weighted by Crippen LogP contribution is -2.14. The molecule has 0 saturated heterocycles. The van der Waals surface area contributed by atoms with E-state index in [1.54, 1.807) is 6.07 Å². The highest BCUT2D eigenvalue weighted by Crippen LogP contribution is 2.23. The van der Waals surface area contributed by atoms with E-state index >= 15 is 0 Å². The largest absolute Gasteiger partial charge is 0.497 e. The van der Waals surface area contributed by atoms with Gasteiger partial charge < -0.3 is 14.2 Å². The van der Waals surface area contributed by atoms with E-state index < -0.39 is 30.0 Å². The lowest BCUT2D eigenvalue weighted by Gasteiger charge is -2.08. The van der Waals surface area contributed by atoms with Crippen molar-refractivity contribution in [1.29, 1.82) is 0 Å². The van der Waals surface area contributed by atoms with Crippen molar-refractivity contribution >= 4 is 11.8 Å². The minimum atomic E-state index is -1.15. The monoisotopic (exact) mass is 336 g/mol. The van der Waals surface area contributed by atoms with Crippen molar-refractivity contribution in [2.75, 3.05) is 20.8 Å². The fourth-order valence-corrected chi connectivity index (χ4v) is 1.89. The van der Waals surface area contributed by atoms with E-state index in [-0.39, 0.29) is 11.1 Å². The average Bonchev–Trinajstić information content (AvgIpc) is 2.60. The number of halogens is 2. The maximum absolute atomic E-state index is 13.1. The molecule has 0 amide bonds. The summed E-state index contributed by atoms with van der Waals surface area (Å²) >= 11 is 0. The summed E-state index contributed by atoms with van der Waals surface area (Å²) in [5, 5.41) is 0. The van der Waals surface area contributed by atoms with Gasteiger partial charge in [-0.3, -0.25) is 4.79 Å². The number of hydrogen-bond donors (Lipinski definition) is 0. The SMILES string of the molecule is COc1cc(OC)cc(C(=O)OCC(=O)c2ccc(F)c(F)c2)c1. The maximum Gasteiger partial charge on any atom is 0.338 e. The van der Waals surface area contributed by atoms with Crippen LogP contribution in [0.1, 0.15) is 20.7 Å². The van der Waals surface area contributed by atoms with Crippen LogP contribution >= 0.6 is 0 Å². The van der Waals surface area contributed by atoms with Gasteiger partial charge in [0.15, 0.2) is 24.0 Å². The summed E-state index contributed by atoms with van der Waals surface area (Å²) < 4.78 is 40.9. The number of benzene rings is 2. The molecule has 24 heavy (non-hydrogen) atoms. The minimum absolute atomic E-state index is 0.0927. The van der Waals surface area contributed by atoms with Gasteiger partial charge in [0.05, 0.1) is 19.8 Å². The third kappa shape index (κ3) is 4.07. The van der Waals surface area contributed by atoms with Crippen LogP contribution in [0.3, 0.4) is 0 Å². The maximum atomic E-state index is 13.1. The quantitative estimate of drug-likeness (QED) is 0.599. The van der Waals surface area contributed by atoms with Crippen LogP contribution in [0, 0.1) is 11.6 Å². The lowest BCUT2D eigenvalue weighted by atomic mass is 10.1. The predicted molar refractivity (Wildman–Crippen MR) is 80.5 cm³/mol. The van der Waals surface area contributed by atoms with E-state index in [0.29, 0.717) is 11.5 Å². The van der Waals surface area contributed by atoms with Gasteiger partial charge in [-0.05, 0) is 30.3 Å². The zero-order chi connectivity index (χ0) is 17.7. The Morgan fingerprint density at radius 3 is 2.04 bits per heavy atom.